The molecule has 0 atom stereocenters. The van der Waals surface area contributed by atoms with Crippen molar-refractivity contribution in [3.8, 4) is 0 Å². The number of hydrogen-bond donors (Lipinski definition) is 1. The highest BCUT2D eigenvalue weighted by Crippen LogP contribution is 1.80. The molecule has 0 fully saturated rings. The van der Waals surface area contributed by atoms with E-state index >= 15 is 0 Å². The number of nitrogens with zero attached hydrogens (tertiary/aromatic N) is 2. The summed E-state index contributed by atoms with van der Waals surface area (Å²) in [6.45, 7) is 3.36. The van der Waals surface area contributed by atoms with Crippen LogP contribution in [0.1, 0.15) is 0 Å². The lowest BCUT2D eigenvalue weighted by atomic mass is 10.7. The van der Waals surface area contributed by atoms with Crippen molar-refractivity contribution in [3.63, 3.8) is 0 Å². The topological polar surface area (TPSA) is 78.4 Å². The first-order chi connectivity index (χ1) is 6.41. The second-order valence-corrected chi connectivity index (χ2v) is 2.20. The quantitative estimate of drug-likeness (QED) is 0.241. The van der Waals surface area contributed by atoms with Gasteiger partial charge < -0.3 is 20.1 Å². The molecule has 6 nitrogen and oxygen atoms in total. The van der Waals surface area contributed by atoms with E-state index in [0.29, 0.717) is 39.6 Å². The maximum Gasteiger partial charge on any atom is 0.0854 e. The van der Waals surface area contributed by atoms with Gasteiger partial charge >= 0.3 is 0 Å². The smallest absolute Gasteiger partial charge is 0.0854 e. The van der Waals surface area contributed by atoms with Gasteiger partial charge in [-0.25, -0.2) is 0 Å². The predicted molar refractivity (Wildman–Crippen MR) is 47.4 cm³/mol. The lowest BCUT2D eigenvalue weighted by Crippen LogP contribution is -2.09. The van der Waals surface area contributed by atoms with Gasteiger partial charge in [0.1, 0.15) is 0 Å². The number of methoxy groups -OCH3 is 1. The van der Waals surface area contributed by atoms with Gasteiger partial charge in [0.2, 0.25) is 0 Å². The molecular weight excluding hydrogens is 174 g/mol. The molecule has 0 spiro atoms. The molecule has 6 heteroatoms. The van der Waals surface area contributed by atoms with Crippen LogP contribution in [0.2, 0.25) is 0 Å². The minimum atomic E-state index is 0.495. The Morgan fingerprint density at radius 2 is 1.62 bits per heavy atom. The molecule has 0 aromatic carbocycles. The van der Waals surface area contributed by atoms with Crippen molar-refractivity contribution in [2.75, 3.05) is 46.7 Å². The summed E-state index contributed by atoms with van der Waals surface area (Å²) in [6, 6.07) is 0. The zero-order valence-corrected chi connectivity index (χ0v) is 7.94. The van der Waals surface area contributed by atoms with Crippen LogP contribution in [0.4, 0.5) is 0 Å². The van der Waals surface area contributed by atoms with Gasteiger partial charge in [0, 0.05) is 7.11 Å². The van der Waals surface area contributed by atoms with Crippen molar-refractivity contribution >= 4 is 0 Å². The molecule has 0 aliphatic rings. The minimum Gasteiger partial charge on any atom is -0.382 e. The van der Waals surface area contributed by atoms with Crippen molar-refractivity contribution in [3.05, 3.63) is 0 Å². The van der Waals surface area contributed by atoms with Crippen LogP contribution in [0.5, 0.6) is 0 Å². The third-order valence-corrected chi connectivity index (χ3v) is 1.22. The standard InChI is InChI=1S/C7H17N3O3/c1-11-4-5-13-7-6-12-3-2-9-10-8/h2-7H2,1H3,(H2,8,9). The van der Waals surface area contributed by atoms with E-state index in [1.807, 2.05) is 0 Å². The Kier molecular flexibility index (Phi) is 10.7. The van der Waals surface area contributed by atoms with Crippen molar-refractivity contribution in [1.29, 1.82) is 0 Å². The molecule has 0 heterocycles. The monoisotopic (exact) mass is 191 g/mol. The minimum absolute atomic E-state index is 0.495. The molecule has 0 rings (SSSR count). The van der Waals surface area contributed by atoms with Gasteiger partial charge in [0.05, 0.1) is 39.6 Å². The highest BCUT2D eigenvalue weighted by molar-refractivity contribution is 4.36. The fourth-order valence-corrected chi connectivity index (χ4v) is 0.627. The first-order valence-corrected chi connectivity index (χ1v) is 4.13. The fraction of sp³-hybridized carbons (Fsp3) is 1.00. The number of nitrogens with two attached hydrogens (primary N) is 1. The van der Waals surface area contributed by atoms with E-state index in [1.165, 1.54) is 0 Å². The third-order valence-electron chi connectivity index (χ3n) is 1.22. The van der Waals surface area contributed by atoms with E-state index in [0.717, 1.165) is 0 Å². The van der Waals surface area contributed by atoms with Crippen LogP contribution in [-0.4, -0.2) is 46.7 Å². The summed E-state index contributed by atoms with van der Waals surface area (Å²) in [7, 11) is 1.64. The highest BCUT2D eigenvalue weighted by atomic mass is 16.5. The molecule has 0 aromatic heterocycles. The average molecular weight is 191 g/mol. The van der Waals surface area contributed by atoms with Crippen LogP contribution >= 0.6 is 0 Å². The van der Waals surface area contributed by atoms with E-state index in [4.69, 9.17) is 20.1 Å². The molecule has 0 radical (unpaired) electrons. The Bertz CT molecular complexity index is 122. The van der Waals surface area contributed by atoms with Crippen LogP contribution in [-0.2, 0) is 14.2 Å². The summed E-state index contributed by atoms with van der Waals surface area (Å²) in [4.78, 5) is 0. The number of ether oxygens (including phenoxy) is 3. The first kappa shape index (κ1) is 12.3. The molecule has 2 N–H and O–H groups in total. The molecule has 0 unspecified atom stereocenters. The fourth-order valence-electron chi connectivity index (χ4n) is 0.627. The van der Waals surface area contributed by atoms with Crippen LogP contribution in [0.25, 0.3) is 0 Å². The molecular formula is C7H17N3O3. The van der Waals surface area contributed by atoms with E-state index in [1.54, 1.807) is 7.11 Å². The Hall–Kier alpha value is -0.720. The van der Waals surface area contributed by atoms with E-state index in [9.17, 15) is 0 Å². The SMILES string of the molecule is COCCOCCOCCN=NN. The largest absolute Gasteiger partial charge is 0.382 e. The first-order valence-electron chi connectivity index (χ1n) is 4.13. The Morgan fingerprint density at radius 1 is 1.00 bits per heavy atom. The van der Waals surface area contributed by atoms with Crippen molar-refractivity contribution < 1.29 is 14.2 Å². The summed E-state index contributed by atoms with van der Waals surface area (Å²) in [5, 5.41) is 6.63. The second kappa shape index (κ2) is 11.3. The molecule has 0 aliphatic heterocycles. The maximum atomic E-state index is 5.15. The molecule has 78 valence electrons. The summed E-state index contributed by atoms with van der Waals surface area (Å²) >= 11 is 0. The normalized spacial score (nSPS) is 11.2. The number of hydrogen-bond acceptors (Lipinski definition) is 5. The Morgan fingerprint density at radius 3 is 2.23 bits per heavy atom. The van der Waals surface area contributed by atoms with E-state index in [2.05, 4.69) is 10.3 Å². The van der Waals surface area contributed by atoms with Gasteiger partial charge in [0.25, 0.3) is 0 Å². The lowest BCUT2D eigenvalue weighted by Gasteiger charge is -2.03. The van der Waals surface area contributed by atoms with Gasteiger partial charge in [-0.2, -0.15) is 5.11 Å². The third kappa shape index (κ3) is 11.3. The van der Waals surface area contributed by atoms with Gasteiger partial charge in [-0.15, -0.1) is 0 Å². The van der Waals surface area contributed by atoms with Crippen molar-refractivity contribution in [2.24, 2.45) is 16.2 Å². The molecule has 0 bridgehead atoms. The second-order valence-electron chi connectivity index (χ2n) is 2.20. The summed E-state index contributed by atoms with van der Waals surface area (Å²) in [5.74, 6) is 4.79. The van der Waals surface area contributed by atoms with Crippen LogP contribution in [0.3, 0.4) is 0 Å². The molecule has 0 saturated carbocycles. The van der Waals surface area contributed by atoms with Crippen LogP contribution < -0.4 is 5.84 Å². The summed E-state index contributed by atoms with van der Waals surface area (Å²) in [5.41, 5.74) is 0. The summed E-state index contributed by atoms with van der Waals surface area (Å²) < 4.78 is 15.1. The average Bonchev–Trinajstić information content (AvgIpc) is 2.16. The zero-order valence-electron chi connectivity index (χ0n) is 7.94. The van der Waals surface area contributed by atoms with Crippen molar-refractivity contribution in [2.45, 2.75) is 0 Å². The van der Waals surface area contributed by atoms with Crippen molar-refractivity contribution in [1.82, 2.24) is 0 Å². The zero-order chi connectivity index (χ0) is 9.78. The van der Waals surface area contributed by atoms with E-state index < -0.39 is 0 Å². The number of rotatable bonds is 9. The van der Waals surface area contributed by atoms with Gasteiger partial charge in [0.15, 0.2) is 0 Å². The maximum absolute atomic E-state index is 5.15. The Labute approximate surface area is 78.0 Å². The molecule has 0 aromatic rings. The lowest BCUT2D eigenvalue weighted by molar-refractivity contribution is 0.0266. The summed E-state index contributed by atoms with van der Waals surface area (Å²) in [6.07, 6.45) is 0. The van der Waals surface area contributed by atoms with Crippen LogP contribution in [0, 0.1) is 0 Å². The van der Waals surface area contributed by atoms with Crippen LogP contribution in [0.15, 0.2) is 10.3 Å². The molecule has 0 amide bonds. The molecule has 0 saturated heterocycles. The van der Waals surface area contributed by atoms with Gasteiger partial charge in [-0.05, 0) is 0 Å². The highest BCUT2D eigenvalue weighted by Gasteiger charge is 1.88. The van der Waals surface area contributed by atoms with E-state index in [-0.39, 0.29) is 0 Å². The van der Waals surface area contributed by atoms with Gasteiger partial charge in [-0.3, -0.25) is 0 Å². The van der Waals surface area contributed by atoms with Gasteiger partial charge in [-0.1, -0.05) is 5.22 Å². The molecule has 0 aliphatic carbocycles. The molecule has 13 heavy (non-hydrogen) atoms. The predicted octanol–water partition coefficient (Wildman–Crippen LogP) is -0.00810. The Balaban J connectivity index is 2.83.